The second kappa shape index (κ2) is 9.07. The van der Waals surface area contributed by atoms with Gasteiger partial charge in [0.15, 0.2) is 0 Å². The third-order valence-corrected chi connectivity index (χ3v) is 4.42. The van der Waals surface area contributed by atoms with Crippen molar-refractivity contribution in [1.29, 1.82) is 0 Å². The summed E-state index contributed by atoms with van der Waals surface area (Å²) in [6, 6.07) is 5.19. The van der Waals surface area contributed by atoms with Crippen LogP contribution in [0.25, 0.3) is 0 Å². The van der Waals surface area contributed by atoms with E-state index in [4.69, 9.17) is 9.47 Å². The third-order valence-electron chi connectivity index (χ3n) is 4.42. The van der Waals surface area contributed by atoms with Gasteiger partial charge in [-0.05, 0) is 12.1 Å². The van der Waals surface area contributed by atoms with E-state index < -0.39 is 0 Å². The van der Waals surface area contributed by atoms with E-state index in [1.165, 1.54) is 18.9 Å². The van der Waals surface area contributed by atoms with Crippen LogP contribution in [0.2, 0.25) is 0 Å². The Balaban J connectivity index is 2.04. The number of benzene rings is 1. The van der Waals surface area contributed by atoms with Crippen LogP contribution in [0, 0.1) is 0 Å². The zero-order chi connectivity index (χ0) is 19.1. The summed E-state index contributed by atoms with van der Waals surface area (Å²) in [4.78, 5) is 40.2. The Morgan fingerprint density at radius 3 is 2.38 bits per heavy atom. The van der Waals surface area contributed by atoms with Gasteiger partial charge in [0, 0.05) is 52.1 Å². The second-order valence-electron chi connectivity index (χ2n) is 5.98. The summed E-state index contributed by atoms with van der Waals surface area (Å²) in [5, 5.41) is 0. The fourth-order valence-electron chi connectivity index (χ4n) is 2.90. The van der Waals surface area contributed by atoms with E-state index >= 15 is 0 Å². The molecule has 0 aromatic heterocycles. The molecule has 0 unspecified atom stereocenters. The van der Waals surface area contributed by atoms with Gasteiger partial charge in [-0.25, -0.2) is 0 Å². The van der Waals surface area contributed by atoms with Crippen LogP contribution in [0.4, 0.5) is 5.69 Å². The minimum absolute atomic E-state index is 0.0331. The highest BCUT2D eigenvalue weighted by Gasteiger charge is 2.23. The zero-order valence-electron chi connectivity index (χ0n) is 15.4. The van der Waals surface area contributed by atoms with Crippen LogP contribution in [0.3, 0.4) is 0 Å². The summed E-state index contributed by atoms with van der Waals surface area (Å²) >= 11 is 0. The number of carbonyl (C=O) groups excluding carboxylic acids is 3. The number of piperazine rings is 1. The molecule has 0 radical (unpaired) electrons. The predicted octanol–water partition coefficient (Wildman–Crippen LogP) is 0.747. The van der Waals surface area contributed by atoms with Crippen molar-refractivity contribution in [3.63, 3.8) is 0 Å². The van der Waals surface area contributed by atoms with Crippen molar-refractivity contribution < 1.29 is 23.9 Å². The first-order chi connectivity index (χ1) is 12.5. The van der Waals surface area contributed by atoms with Crippen molar-refractivity contribution in [3.05, 3.63) is 18.2 Å². The molecule has 1 aliphatic heterocycles. The molecular formula is C18H25N3O5. The molecule has 1 aromatic carbocycles. The zero-order valence-corrected chi connectivity index (χ0v) is 15.4. The molecule has 1 heterocycles. The highest BCUT2D eigenvalue weighted by molar-refractivity contribution is 5.94. The summed E-state index contributed by atoms with van der Waals surface area (Å²) in [5.41, 5.74) is 0.597. The molecule has 2 rings (SSSR count). The second-order valence-corrected chi connectivity index (χ2v) is 5.98. The first-order valence-corrected chi connectivity index (χ1v) is 8.47. The number of hydrogen-bond donors (Lipinski definition) is 0. The summed E-state index contributed by atoms with van der Waals surface area (Å²) in [6.45, 7) is 3.82. The molecule has 8 nitrogen and oxygen atoms in total. The Bertz CT molecular complexity index is 656. The van der Waals surface area contributed by atoms with Gasteiger partial charge in [0.2, 0.25) is 18.2 Å². The Labute approximate surface area is 153 Å². The topological polar surface area (TPSA) is 79.4 Å². The van der Waals surface area contributed by atoms with Gasteiger partial charge in [-0.15, -0.1) is 0 Å². The molecule has 0 bridgehead atoms. The third kappa shape index (κ3) is 4.65. The number of ether oxygens (including phenoxy) is 2. The Morgan fingerprint density at radius 1 is 1.15 bits per heavy atom. The van der Waals surface area contributed by atoms with Crippen LogP contribution in [0.15, 0.2) is 18.2 Å². The van der Waals surface area contributed by atoms with E-state index in [0.717, 1.165) is 6.41 Å². The number of amides is 3. The smallest absolute Gasteiger partial charge is 0.224 e. The molecule has 1 aliphatic rings. The Kier molecular flexibility index (Phi) is 6.82. The van der Waals surface area contributed by atoms with Gasteiger partial charge >= 0.3 is 0 Å². The molecule has 1 saturated heterocycles. The van der Waals surface area contributed by atoms with E-state index in [9.17, 15) is 14.4 Å². The van der Waals surface area contributed by atoms with Gasteiger partial charge in [0.25, 0.3) is 0 Å². The molecule has 0 saturated carbocycles. The van der Waals surface area contributed by atoms with Crippen LogP contribution in [0.5, 0.6) is 11.5 Å². The lowest BCUT2D eigenvalue weighted by molar-refractivity contribution is -0.135. The van der Waals surface area contributed by atoms with Crippen LogP contribution >= 0.6 is 0 Å². The van der Waals surface area contributed by atoms with E-state index in [1.807, 2.05) is 0 Å². The first-order valence-electron chi connectivity index (χ1n) is 8.47. The Hall–Kier alpha value is -2.77. The molecule has 0 N–H and O–H groups in total. The summed E-state index contributed by atoms with van der Waals surface area (Å²) < 4.78 is 10.5. The molecular weight excluding hydrogens is 338 g/mol. The number of anilines is 1. The lowest BCUT2D eigenvalue weighted by Gasteiger charge is -2.33. The van der Waals surface area contributed by atoms with Gasteiger partial charge in [0.1, 0.15) is 11.5 Å². The molecule has 0 spiro atoms. The quantitative estimate of drug-likeness (QED) is 0.668. The van der Waals surface area contributed by atoms with Crippen LogP contribution in [-0.4, -0.2) is 75.0 Å². The molecule has 1 fully saturated rings. The number of methoxy groups -OCH3 is 2. The summed E-state index contributed by atoms with van der Waals surface area (Å²) in [6.07, 6.45) is 1.01. The fourth-order valence-corrected chi connectivity index (χ4v) is 2.90. The van der Waals surface area contributed by atoms with Crippen LogP contribution in [0.1, 0.15) is 13.3 Å². The number of hydrogen-bond acceptors (Lipinski definition) is 5. The molecule has 1 aromatic rings. The minimum atomic E-state index is -0.174. The molecule has 8 heteroatoms. The molecule has 3 amide bonds. The number of rotatable bonds is 7. The van der Waals surface area contributed by atoms with Crippen LogP contribution < -0.4 is 14.4 Å². The molecule has 0 atom stereocenters. The minimum Gasteiger partial charge on any atom is -0.497 e. The maximum Gasteiger partial charge on any atom is 0.224 e. The lowest BCUT2D eigenvalue weighted by atomic mass is 10.2. The SMILES string of the molecule is COc1ccc(N(CCC(=O)N2CCN(C=O)CC2)C(C)=O)c(OC)c1. The van der Waals surface area contributed by atoms with Gasteiger partial charge in [-0.2, -0.15) is 0 Å². The van der Waals surface area contributed by atoms with E-state index in [0.29, 0.717) is 43.4 Å². The largest absolute Gasteiger partial charge is 0.497 e. The van der Waals surface area contributed by atoms with Crippen LogP contribution in [-0.2, 0) is 14.4 Å². The van der Waals surface area contributed by atoms with Crippen molar-refractivity contribution in [1.82, 2.24) is 9.80 Å². The highest BCUT2D eigenvalue weighted by atomic mass is 16.5. The summed E-state index contributed by atoms with van der Waals surface area (Å²) in [7, 11) is 3.08. The van der Waals surface area contributed by atoms with Gasteiger partial charge in [0.05, 0.1) is 19.9 Å². The Morgan fingerprint density at radius 2 is 1.85 bits per heavy atom. The average Bonchev–Trinajstić information content (AvgIpc) is 2.67. The highest BCUT2D eigenvalue weighted by Crippen LogP contribution is 2.32. The standard InChI is InChI=1S/C18H25N3O5/c1-14(23)21(16-5-4-15(25-2)12-17(16)26-3)7-6-18(24)20-10-8-19(13-22)9-11-20/h4-5,12-13H,6-11H2,1-3H3. The average molecular weight is 363 g/mol. The van der Waals surface area contributed by atoms with Crippen molar-refractivity contribution >= 4 is 23.9 Å². The monoisotopic (exact) mass is 363 g/mol. The number of nitrogens with zero attached hydrogens (tertiary/aromatic N) is 3. The maximum absolute atomic E-state index is 12.4. The molecule has 142 valence electrons. The maximum atomic E-state index is 12.4. The summed E-state index contributed by atoms with van der Waals surface area (Å²) in [5.74, 6) is 0.922. The molecule has 0 aliphatic carbocycles. The predicted molar refractivity (Wildman–Crippen MR) is 96.4 cm³/mol. The van der Waals surface area contributed by atoms with E-state index in [2.05, 4.69) is 0 Å². The van der Waals surface area contributed by atoms with Crippen molar-refractivity contribution in [2.24, 2.45) is 0 Å². The van der Waals surface area contributed by atoms with Crippen molar-refractivity contribution in [3.8, 4) is 11.5 Å². The normalized spacial score (nSPS) is 14.0. The van der Waals surface area contributed by atoms with Gasteiger partial charge in [-0.1, -0.05) is 0 Å². The van der Waals surface area contributed by atoms with Gasteiger partial charge < -0.3 is 24.2 Å². The number of carbonyl (C=O) groups is 3. The van der Waals surface area contributed by atoms with Gasteiger partial charge in [-0.3, -0.25) is 14.4 Å². The van der Waals surface area contributed by atoms with E-state index in [1.54, 1.807) is 35.1 Å². The van der Waals surface area contributed by atoms with E-state index in [-0.39, 0.29) is 24.8 Å². The first kappa shape index (κ1) is 19.6. The molecule has 26 heavy (non-hydrogen) atoms. The lowest BCUT2D eigenvalue weighted by Crippen LogP contribution is -2.48. The van der Waals surface area contributed by atoms with Crippen molar-refractivity contribution in [2.45, 2.75) is 13.3 Å². The van der Waals surface area contributed by atoms with Crippen molar-refractivity contribution in [2.75, 3.05) is 51.8 Å². The fraction of sp³-hybridized carbons (Fsp3) is 0.500.